The molecular weight excluding hydrogens is 256 g/mol. The molecule has 1 unspecified atom stereocenters. The van der Waals surface area contributed by atoms with Crippen molar-refractivity contribution >= 4 is 11.4 Å². The Kier molecular flexibility index (Phi) is 5.94. The molecule has 1 aromatic carbocycles. The van der Waals surface area contributed by atoms with Gasteiger partial charge in [0.15, 0.2) is 0 Å². The van der Waals surface area contributed by atoms with Crippen LogP contribution in [-0.2, 0) is 0 Å². The summed E-state index contributed by atoms with van der Waals surface area (Å²) in [4.78, 5) is 12.4. The third-order valence-electron chi connectivity index (χ3n) is 3.45. The number of hydrogen-bond donors (Lipinski definition) is 1. The second-order valence-corrected chi connectivity index (χ2v) is 4.77. The van der Waals surface area contributed by atoms with E-state index in [0.717, 1.165) is 25.2 Å². The lowest BCUT2D eigenvalue weighted by molar-refractivity contribution is -0.385. The maximum atomic E-state index is 10.7. The van der Waals surface area contributed by atoms with Crippen molar-refractivity contribution in [2.75, 3.05) is 25.5 Å². The zero-order valence-corrected chi connectivity index (χ0v) is 12.1. The first kappa shape index (κ1) is 15.9. The van der Waals surface area contributed by atoms with E-state index in [2.05, 4.69) is 31.1 Å². The lowest BCUT2D eigenvalue weighted by Crippen LogP contribution is -2.32. The molecule has 1 rings (SSSR count). The largest absolute Gasteiger partial charge is 0.384 e. The summed E-state index contributed by atoms with van der Waals surface area (Å²) in [6, 6.07) is 6.87. The summed E-state index contributed by atoms with van der Waals surface area (Å²) >= 11 is 0. The van der Waals surface area contributed by atoms with Crippen molar-refractivity contribution < 1.29 is 4.92 Å². The molecule has 6 nitrogen and oxygen atoms in total. The van der Waals surface area contributed by atoms with E-state index in [1.165, 1.54) is 12.1 Å². The number of rotatable bonds is 7. The van der Waals surface area contributed by atoms with Gasteiger partial charge in [0.2, 0.25) is 0 Å². The number of benzene rings is 1. The van der Waals surface area contributed by atoms with Crippen LogP contribution >= 0.6 is 0 Å². The molecule has 1 aromatic rings. The van der Waals surface area contributed by atoms with Gasteiger partial charge < -0.3 is 10.2 Å². The van der Waals surface area contributed by atoms with Gasteiger partial charge in [0.1, 0.15) is 11.6 Å². The SMILES string of the molecule is CCC(C)N(C)CCNc1ccc([N+](=O)[O-])c(C#N)c1. The minimum absolute atomic E-state index is 0.0790. The maximum Gasteiger partial charge on any atom is 0.287 e. The van der Waals surface area contributed by atoms with E-state index in [0.29, 0.717) is 6.04 Å². The van der Waals surface area contributed by atoms with Gasteiger partial charge in [-0.25, -0.2) is 0 Å². The molecule has 0 radical (unpaired) electrons. The predicted octanol–water partition coefficient (Wildman–Crippen LogP) is 2.61. The minimum Gasteiger partial charge on any atom is -0.384 e. The molecule has 0 saturated heterocycles. The Labute approximate surface area is 119 Å². The van der Waals surface area contributed by atoms with Crippen molar-refractivity contribution in [2.24, 2.45) is 0 Å². The summed E-state index contributed by atoms with van der Waals surface area (Å²) in [5.74, 6) is 0. The van der Waals surface area contributed by atoms with Crippen LogP contribution in [0, 0.1) is 21.4 Å². The number of nitriles is 1. The van der Waals surface area contributed by atoms with E-state index in [9.17, 15) is 10.1 Å². The first-order valence-corrected chi connectivity index (χ1v) is 6.62. The van der Waals surface area contributed by atoms with Crippen LogP contribution in [-0.4, -0.2) is 36.0 Å². The van der Waals surface area contributed by atoms with Gasteiger partial charge in [0, 0.05) is 30.9 Å². The Balaban J connectivity index is 2.62. The highest BCUT2D eigenvalue weighted by Gasteiger charge is 2.13. The fourth-order valence-corrected chi connectivity index (χ4v) is 1.80. The number of anilines is 1. The number of nitro benzene ring substituents is 1. The highest BCUT2D eigenvalue weighted by molar-refractivity contribution is 5.58. The monoisotopic (exact) mass is 276 g/mol. The van der Waals surface area contributed by atoms with Crippen LogP contribution in [0.15, 0.2) is 18.2 Å². The summed E-state index contributed by atoms with van der Waals surface area (Å²) < 4.78 is 0. The standard InChI is InChI=1S/C14H20N4O2/c1-4-11(2)17(3)8-7-16-13-5-6-14(18(19)20)12(9-13)10-15/h5-6,9,11,16H,4,7-8H2,1-3H3. The number of likely N-dealkylation sites (N-methyl/N-ethyl adjacent to an activating group) is 1. The number of nitro groups is 1. The Hall–Kier alpha value is -2.13. The topological polar surface area (TPSA) is 82.2 Å². The summed E-state index contributed by atoms with van der Waals surface area (Å²) in [7, 11) is 2.06. The van der Waals surface area contributed by atoms with Crippen LogP contribution in [0.3, 0.4) is 0 Å². The molecule has 108 valence electrons. The molecule has 0 aliphatic heterocycles. The smallest absolute Gasteiger partial charge is 0.287 e. The maximum absolute atomic E-state index is 10.7. The highest BCUT2D eigenvalue weighted by Crippen LogP contribution is 2.21. The van der Waals surface area contributed by atoms with Gasteiger partial charge in [-0.15, -0.1) is 0 Å². The molecule has 0 aliphatic carbocycles. The number of nitrogens with one attached hydrogen (secondary N) is 1. The average Bonchev–Trinajstić information content (AvgIpc) is 2.45. The fraction of sp³-hybridized carbons (Fsp3) is 0.500. The lowest BCUT2D eigenvalue weighted by Gasteiger charge is -2.23. The van der Waals surface area contributed by atoms with Gasteiger partial charge in [0.05, 0.1) is 4.92 Å². The van der Waals surface area contributed by atoms with E-state index in [4.69, 9.17) is 5.26 Å². The Morgan fingerprint density at radius 3 is 2.80 bits per heavy atom. The second-order valence-electron chi connectivity index (χ2n) is 4.77. The highest BCUT2D eigenvalue weighted by atomic mass is 16.6. The molecule has 1 N–H and O–H groups in total. The molecule has 0 aliphatic rings. The van der Waals surface area contributed by atoms with Crippen LogP contribution < -0.4 is 5.32 Å². The van der Waals surface area contributed by atoms with Gasteiger partial charge >= 0.3 is 0 Å². The Morgan fingerprint density at radius 1 is 1.55 bits per heavy atom. The molecule has 0 amide bonds. The third-order valence-corrected chi connectivity index (χ3v) is 3.45. The van der Waals surface area contributed by atoms with Crippen molar-refractivity contribution in [1.29, 1.82) is 5.26 Å². The first-order chi connectivity index (χ1) is 9.49. The molecule has 0 aromatic heterocycles. The molecule has 0 saturated carbocycles. The summed E-state index contributed by atoms with van der Waals surface area (Å²) in [5.41, 5.74) is 0.648. The van der Waals surface area contributed by atoms with Crippen LogP contribution in [0.2, 0.25) is 0 Å². The van der Waals surface area contributed by atoms with E-state index in [1.807, 2.05) is 6.07 Å². The van der Waals surface area contributed by atoms with Crippen molar-refractivity contribution in [3.05, 3.63) is 33.9 Å². The van der Waals surface area contributed by atoms with Crippen LogP contribution in [0.1, 0.15) is 25.8 Å². The van der Waals surface area contributed by atoms with Crippen molar-refractivity contribution in [2.45, 2.75) is 26.3 Å². The van der Waals surface area contributed by atoms with Crippen molar-refractivity contribution in [1.82, 2.24) is 4.90 Å². The summed E-state index contributed by atoms with van der Waals surface area (Å²) in [5, 5.41) is 22.8. The van der Waals surface area contributed by atoms with Gasteiger partial charge in [-0.2, -0.15) is 5.26 Å². The minimum atomic E-state index is -0.543. The van der Waals surface area contributed by atoms with E-state index in [-0.39, 0.29) is 11.3 Å². The average molecular weight is 276 g/mol. The summed E-state index contributed by atoms with van der Waals surface area (Å²) in [6.45, 7) is 5.90. The molecule has 0 heterocycles. The molecular formula is C14H20N4O2. The lowest BCUT2D eigenvalue weighted by atomic mass is 10.1. The third kappa shape index (κ3) is 4.21. The van der Waals surface area contributed by atoms with Gasteiger partial charge in [-0.1, -0.05) is 6.92 Å². The zero-order valence-electron chi connectivity index (χ0n) is 12.1. The quantitative estimate of drug-likeness (QED) is 0.611. The summed E-state index contributed by atoms with van der Waals surface area (Å²) in [6.07, 6.45) is 1.09. The molecule has 6 heteroatoms. The first-order valence-electron chi connectivity index (χ1n) is 6.62. The molecule has 20 heavy (non-hydrogen) atoms. The van der Waals surface area contributed by atoms with Crippen LogP contribution in [0.5, 0.6) is 0 Å². The van der Waals surface area contributed by atoms with Gasteiger partial charge in [-0.3, -0.25) is 10.1 Å². The van der Waals surface area contributed by atoms with E-state index < -0.39 is 4.92 Å². The van der Waals surface area contributed by atoms with Gasteiger partial charge in [-0.05, 0) is 32.5 Å². The molecule has 1 atom stereocenters. The zero-order chi connectivity index (χ0) is 15.1. The molecule has 0 spiro atoms. The van der Waals surface area contributed by atoms with Crippen molar-refractivity contribution in [3.8, 4) is 6.07 Å². The second kappa shape index (κ2) is 7.46. The number of nitrogens with zero attached hydrogens (tertiary/aromatic N) is 3. The van der Waals surface area contributed by atoms with E-state index >= 15 is 0 Å². The molecule has 0 bridgehead atoms. The predicted molar refractivity (Wildman–Crippen MR) is 78.7 cm³/mol. The Morgan fingerprint density at radius 2 is 2.25 bits per heavy atom. The normalized spacial score (nSPS) is 11.9. The Bertz CT molecular complexity index is 510. The van der Waals surface area contributed by atoms with E-state index in [1.54, 1.807) is 6.07 Å². The van der Waals surface area contributed by atoms with Crippen LogP contribution in [0.4, 0.5) is 11.4 Å². The van der Waals surface area contributed by atoms with Crippen molar-refractivity contribution in [3.63, 3.8) is 0 Å². The fourth-order valence-electron chi connectivity index (χ4n) is 1.80. The molecule has 0 fully saturated rings. The van der Waals surface area contributed by atoms with Gasteiger partial charge in [0.25, 0.3) is 5.69 Å². The number of hydrogen-bond acceptors (Lipinski definition) is 5. The van der Waals surface area contributed by atoms with Crippen LogP contribution in [0.25, 0.3) is 0 Å².